The van der Waals surface area contributed by atoms with Crippen LogP contribution in [0.2, 0.25) is 0 Å². The first kappa shape index (κ1) is 16.2. The minimum absolute atomic E-state index is 0.114. The van der Waals surface area contributed by atoms with Crippen LogP contribution in [0.1, 0.15) is 38.1 Å². The van der Waals surface area contributed by atoms with Crippen LogP contribution in [0.3, 0.4) is 0 Å². The third-order valence-corrected chi connectivity index (χ3v) is 2.92. The van der Waals surface area contributed by atoms with Crippen molar-refractivity contribution in [1.29, 1.82) is 0 Å². The lowest BCUT2D eigenvalue weighted by Gasteiger charge is -2.18. The minimum atomic E-state index is -0.771. The van der Waals surface area contributed by atoms with Crippen LogP contribution in [-0.2, 0) is 9.53 Å². The van der Waals surface area contributed by atoms with Crippen LogP contribution in [-0.4, -0.2) is 25.0 Å². The Morgan fingerprint density at radius 1 is 1.15 bits per heavy atom. The molecule has 1 unspecified atom stereocenters. The van der Waals surface area contributed by atoms with Gasteiger partial charge < -0.3 is 9.47 Å². The van der Waals surface area contributed by atoms with Crippen molar-refractivity contribution in [1.82, 2.24) is 0 Å². The molecule has 1 aromatic carbocycles. The predicted molar refractivity (Wildman–Crippen MR) is 76.9 cm³/mol. The van der Waals surface area contributed by atoms with E-state index < -0.39 is 11.9 Å². The molecule has 1 aromatic rings. The van der Waals surface area contributed by atoms with E-state index in [0.29, 0.717) is 17.9 Å². The summed E-state index contributed by atoms with van der Waals surface area (Å²) in [5.41, 5.74) is 0.475. The highest BCUT2D eigenvalue weighted by Crippen LogP contribution is 2.22. The van der Waals surface area contributed by atoms with E-state index in [-0.39, 0.29) is 18.3 Å². The summed E-state index contributed by atoms with van der Waals surface area (Å²) in [7, 11) is 0. The summed E-state index contributed by atoms with van der Waals surface area (Å²) in [5, 5.41) is 0. The van der Waals surface area contributed by atoms with Crippen LogP contribution >= 0.6 is 0 Å². The highest BCUT2D eigenvalue weighted by molar-refractivity contribution is 6.09. The molecule has 20 heavy (non-hydrogen) atoms. The Labute approximate surface area is 120 Å². The molecule has 0 saturated heterocycles. The summed E-state index contributed by atoms with van der Waals surface area (Å²) in [5.74, 6) is -0.942. The first-order chi connectivity index (χ1) is 9.51. The molecule has 0 N–H and O–H groups in total. The van der Waals surface area contributed by atoms with Crippen LogP contribution in [0.5, 0.6) is 5.75 Å². The summed E-state index contributed by atoms with van der Waals surface area (Å²) in [6, 6.07) is 6.90. The second-order valence-electron chi connectivity index (χ2n) is 4.80. The quantitative estimate of drug-likeness (QED) is 0.437. The fourth-order valence-electron chi connectivity index (χ4n) is 2.00. The molecule has 0 amide bonds. The molecule has 4 heteroatoms. The van der Waals surface area contributed by atoms with Gasteiger partial charge in [-0.05, 0) is 31.9 Å². The van der Waals surface area contributed by atoms with Crippen molar-refractivity contribution in [3.63, 3.8) is 0 Å². The van der Waals surface area contributed by atoms with Crippen LogP contribution < -0.4 is 4.74 Å². The molecule has 0 aliphatic rings. The number of benzene rings is 1. The van der Waals surface area contributed by atoms with Gasteiger partial charge in [0.1, 0.15) is 11.7 Å². The van der Waals surface area contributed by atoms with Crippen LogP contribution in [0.4, 0.5) is 0 Å². The van der Waals surface area contributed by atoms with Crippen molar-refractivity contribution in [2.45, 2.75) is 27.7 Å². The number of ketones is 1. The number of carbonyl (C=O) groups is 2. The first-order valence-electron chi connectivity index (χ1n) is 6.94. The lowest BCUT2D eigenvalue weighted by molar-refractivity contribution is -0.147. The number of Topliss-reactive ketones (excluding diaryl/α,β-unsaturated/α-hetero) is 1. The van der Waals surface area contributed by atoms with Crippen molar-refractivity contribution >= 4 is 11.8 Å². The van der Waals surface area contributed by atoms with E-state index in [1.54, 1.807) is 31.2 Å². The van der Waals surface area contributed by atoms with Gasteiger partial charge in [-0.25, -0.2) is 0 Å². The molecular formula is C16H22O4. The summed E-state index contributed by atoms with van der Waals surface area (Å²) < 4.78 is 10.4. The average molecular weight is 278 g/mol. The molecule has 0 aliphatic heterocycles. The zero-order valence-corrected chi connectivity index (χ0v) is 12.5. The van der Waals surface area contributed by atoms with Crippen molar-refractivity contribution in [2.24, 2.45) is 11.8 Å². The van der Waals surface area contributed by atoms with Crippen LogP contribution in [0, 0.1) is 11.8 Å². The van der Waals surface area contributed by atoms with E-state index in [1.807, 2.05) is 20.8 Å². The van der Waals surface area contributed by atoms with E-state index in [9.17, 15) is 9.59 Å². The Bertz CT molecular complexity index is 465. The maximum Gasteiger partial charge on any atom is 0.317 e. The molecular weight excluding hydrogens is 256 g/mol. The highest BCUT2D eigenvalue weighted by Gasteiger charge is 2.31. The monoisotopic (exact) mass is 278 g/mol. The van der Waals surface area contributed by atoms with Crippen molar-refractivity contribution in [3.8, 4) is 5.75 Å². The van der Waals surface area contributed by atoms with Gasteiger partial charge in [0.2, 0.25) is 0 Å². The molecule has 0 aromatic heterocycles. The fourth-order valence-corrected chi connectivity index (χ4v) is 2.00. The zero-order valence-electron chi connectivity index (χ0n) is 12.5. The van der Waals surface area contributed by atoms with Gasteiger partial charge in [-0.15, -0.1) is 0 Å². The number of rotatable bonds is 7. The van der Waals surface area contributed by atoms with Gasteiger partial charge in [0.25, 0.3) is 0 Å². The van der Waals surface area contributed by atoms with Gasteiger partial charge in [0, 0.05) is 5.56 Å². The van der Waals surface area contributed by atoms with Gasteiger partial charge in [-0.1, -0.05) is 26.0 Å². The van der Waals surface area contributed by atoms with Gasteiger partial charge in [0.15, 0.2) is 5.78 Å². The third kappa shape index (κ3) is 4.08. The second-order valence-corrected chi connectivity index (χ2v) is 4.80. The zero-order chi connectivity index (χ0) is 15.1. The SMILES string of the molecule is CCOC(=O)C(C(=O)c1cccc(OCC)c1)C(C)C. The smallest absolute Gasteiger partial charge is 0.317 e. The molecule has 0 spiro atoms. The molecule has 110 valence electrons. The Morgan fingerprint density at radius 3 is 2.40 bits per heavy atom. The second kappa shape index (κ2) is 7.68. The highest BCUT2D eigenvalue weighted by atomic mass is 16.5. The first-order valence-corrected chi connectivity index (χ1v) is 6.94. The van der Waals surface area contributed by atoms with Crippen molar-refractivity contribution in [3.05, 3.63) is 29.8 Å². The fraction of sp³-hybridized carbons (Fsp3) is 0.500. The molecule has 0 fully saturated rings. The lowest BCUT2D eigenvalue weighted by Crippen LogP contribution is -2.30. The van der Waals surface area contributed by atoms with Crippen molar-refractivity contribution in [2.75, 3.05) is 13.2 Å². The predicted octanol–water partition coefficient (Wildman–Crippen LogP) is 3.10. The average Bonchev–Trinajstić information content (AvgIpc) is 2.39. The molecule has 1 atom stereocenters. The van der Waals surface area contributed by atoms with E-state index in [2.05, 4.69) is 0 Å². The lowest BCUT2D eigenvalue weighted by atomic mass is 9.88. The van der Waals surface area contributed by atoms with E-state index in [1.165, 1.54) is 0 Å². The molecule has 0 aliphatic carbocycles. The van der Waals surface area contributed by atoms with Gasteiger partial charge in [0.05, 0.1) is 13.2 Å². The molecule has 4 nitrogen and oxygen atoms in total. The number of esters is 1. The van der Waals surface area contributed by atoms with Gasteiger partial charge >= 0.3 is 5.97 Å². The normalized spacial score (nSPS) is 12.1. The van der Waals surface area contributed by atoms with E-state index >= 15 is 0 Å². The Kier molecular flexibility index (Phi) is 6.22. The van der Waals surface area contributed by atoms with Gasteiger partial charge in [-0.3, -0.25) is 9.59 Å². The molecule has 0 saturated carbocycles. The molecule has 1 rings (SSSR count). The molecule has 0 radical (unpaired) electrons. The van der Waals surface area contributed by atoms with Crippen molar-refractivity contribution < 1.29 is 19.1 Å². The molecule has 0 heterocycles. The topological polar surface area (TPSA) is 52.6 Å². The Hall–Kier alpha value is -1.84. The Morgan fingerprint density at radius 2 is 1.85 bits per heavy atom. The largest absolute Gasteiger partial charge is 0.494 e. The number of hydrogen-bond acceptors (Lipinski definition) is 4. The standard InChI is InChI=1S/C16H22O4/c1-5-19-13-9-7-8-12(10-13)15(17)14(11(3)4)16(18)20-6-2/h7-11,14H,5-6H2,1-4H3. The third-order valence-electron chi connectivity index (χ3n) is 2.92. The minimum Gasteiger partial charge on any atom is -0.494 e. The van der Waals surface area contributed by atoms with Gasteiger partial charge in [-0.2, -0.15) is 0 Å². The number of ether oxygens (including phenoxy) is 2. The summed E-state index contributed by atoms with van der Waals surface area (Å²) >= 11 is 0. The number of carbonyl (C=O) groups excluding carboxylic acids is 2. The maximum absolute atomic E-state index is 12.5. The van der Waals surface area contributed by atoms with Crippen LogP contribution in [0.25, 0.3) is 0 Å². The summed E-state index contributed by atoms with van der Waals surface area (Å²) in [4.78, 5) is 24.4. The summed E-state index contributed by atoms with van der Waals surface area (Å²) in [6.07, 6.45) is 0. The molecule has 0 bridgehead atoms. The summed E-state index contributed by atoms with van der Waals surface area (Å²) in [6.45, 7) is 8.09. The number of hydrogen-bond donors (Lipinski definition) is 0. The van der Waals surface area contributed by atoms with Crippen LogP contribution in [0.15, 0.2) is 24.3 Å². The van der Waals surface area contributed by atoms with E-state index in [4.69, 9.17) is 9.47 Å². The Balaban J connectivity index is 3.00. The van der Waals surface area contributed by atoms with E-state index in [0.717, 1.165) is 0 Å². The maximum atomic E-state index is 12.5.